The van der Waals surface area contributed by atoms with E-state index in [0.29, 0.717) is 44.6 Å². The Morgan fingerprint density at radius 2 is 2.17 bits per heavy atom. The third kappa shape index (κ3) is 5.03. The number of hydrogen-bond donors (Lipinski definition) is 0. The molecule has 0 N–H and O–H groups in total. The number of likely N-dealkylation sites (tertiary alicyclic amines) is 1. The average molecular weight is 421 g/mol. The van der Waals surface area contributed by atoms with E-state index in [1.165, 1.54) is 0 Å². The van der Waals surface area contributed by atoms with Crippen molar-refractivity contribution in [3.8, 4) is 10.8 Å². The Bertz CT molecular complexity index is 775. The van der Waals surface area contributed by atoms with E-state index < -0.39 is 0 Å². The predicted molar refractivity (Wildman–Crippen MR) is 108 cm³/mol. The Morgan fingerprint density at radius 3 is 2.93 bits per heavy atom. The van der Waals surface area contributed by atoms with Crippen LogP contribution in [0.3, 0.4) is 0 Å². The van der Waals surface area contributed by atoms with Crippen molar-refractivity contribution in [1.82, 2.24) is 20.0 Å². The summed E-state index contributed by atoms with van der Waals surface area (Å²) in [5.74, 6) is 1.05. The Labute approximate surface area is 174 Å². The van der Waals surface area contributed by atoms with Crippen molar-refractivity contribution in [3.63, 3.8) is 0 Å². The van der Waals surface area contributed by atoms with Crippen molar-refractivity contribution in [2.45, 2.75) is 51.5 Å². The molecule has 0 bridgehead atoms. The summed E-state index contributed by atoms with van der Waals surface area (Å²) < 4.78 is 17.2. The highest BCUT2D eigenvalue weighted by atomic mass is 32.1. The number of ether oxygens (including phenoxy) is 2. The van der Waals surface area contributed by atoms with E-state index in [1.807, 2.05) is 22.4 Å². The highest BCUT2D eigenvalue weighted by Gasteiger charge is 2.35. The molecule has 1 unspecified atom stereocenters. The molecule has 0 spiro atoms. The fourth-order valence-electron chi connectivity index (χ4n) is 3.94. The number of piperidine rings is 1. The van der Waals surface area contributed by atoms with Gasteiger partial charge in [0.25, 0.3) is 5.89 Å². The summed E-state index contributed by atoms with van der Waals surface area (Å²) in [6.07, 6.45) is 3.89. The van der Waals surface area contributed by atoms with Gasteiger partial charge in [0, 0.05) is 6.54 Å². The van der Waals surface area contributed by atoms with Crippen LogP contribution >= 0.6 is 11.3 Å². The van der Waals surface area contributed by atoms with Gasteiger partial charge in [-0.05, 0) is 37.3 Å². The van der Waals surface area contributed by atoms with E-state index in [1.54, 1.807) is 11.3 Å². The van der Waals surface area contributed by atoms with E-state index in [9.17, 15) is 4.79 Å². The van der Waals surface area contributed by atoms with Crippen LogP contribution in [0, 0.1) is 0 Å². The number of thiophene rings is 1. The standard InChI is InChI=1S/C20H28N4O4S/c1-2-8-24(13-17-21-22-19(28-17)16-7-5-12-29-16)18(25)14-23-9-4-3-6-15(23)20-26-10-11-27-20/h5,7,12,15,20H,2-4,6,8-11,13-14H2,1H3. The Morgan fingerprint density at radius 1 is 1.31 bits per heavy atom. The average Bonchev–Trinajstić information content (AvgIpc) is 3.49. The maximum atomic E-state index is 13.1. The number of nitrogens with zero attached hydrogens (tertiary/aromatic N) is 4. The number of amides is 1. The van der Waals surface area contributed by atoms with Crippen LogP contribution in [0.1, 0.15) is 38.5 Å². The van der Waals surface area contributed by atoms with Crippen LogP contribution in [0.4, 0.5) is 0 Å². The lowest BCUT2D eigenvalue weighted by atomic mass is 10.0. The monoisotopic (exact) mass is 420 g/mol. The molecular formula is C20H28N4O4S. The lowest BCUT2D eigenvalue weighted by molar-refractivity contribution is -0.140. The summed E-state index contributed by atoms with van der Waals surface area (Å²) >= 11 is 1.55. The first kappa shape index (κ1) is 20.5. The van der Waals surface area contributed by atoms with Crippen molar-refractivity contribution in [1.29, 1.82) is 0 Å². The Kier molecular flexibility index (Phi) is 6.91. The molecular weight excluding hydrogens is 392 g/mol. The van der Waals surface area contributed by atoms with E-state index >= 15 is 0 Å². The van der Waals surface area contributed by atoms with Gasteiger partial charge in [0.1, 0.15) is 0 Å². The normalized spacial score (nSPS) is 20.9. The predicted octanol–water partition coefficient (Wildman–Crippen LogP) is 2.76. The second-order valence-corrected chi connectivity index (χ2v) is 8.38. The summed E-state index contributed by atoms with van der Waals surface area (Å²) in [6, 6.07) is 4.04. The topological polar surface area (TPSA) is 80.9 Å². The summed E-state index contributed by atoms with van der Waals surface area (Å²) in [6.45, 7) is 5.57. The van der Waals surface area contributed by atoms with Gasteiger partial charge in [-0.3, -0.25) is 9.69 Å². The number of carbonyl (C=O) groups excluding carboxylic acids is 1. The minimum absolute atomic E-state index is 0.0765. The SMILES string of the molecule is CCCN(Cc1nnc(-c2cccs2)o1)C(=O)CN1CCCCC1C1OCCO1. The smallest absolute Gasteiger partial charge is 0.257 e. The van der Waals surface area contributed by atoms with E-state index in [-0.39, 0.29) is 18.2 Å². The van der Waals surface area contributed by atoms with Crippen molar-refractivity contribution in [2.24, 2.45) is 0 Å². The second-order valence-electron chi connectivity index (χ2n) is 7.44. The molecule has 2 aromatic heterocycles. The molecule has 0 radical (unpaired) electrons. The van der Waals surface area contributed by atoms with Crippen molar-refractivity contribution >= 4 is 17.2 Å². The molecule has 2 aliphatic heterocycles. The van der Waals surface area contributed by atoms with Gasteiger partial charge < -0.3 is 18.8 Å². The van der Waals surface area contributed by atoms with Gasteiger partial charge in [-0.2, -0.15) is 0 Å². The molecule has 158 valence electrons. The van der Waals surface area contributed by atoms with Gasteiger partial charge >= 0.3 is 0 Å². The molecule has 4 rings (SSSR count). The summed E-state index contributed by atoms with van der Waals surface area (Å²) in [4.78, 5) is 18.1. The number of rotatable bonds is 8. The van der Waals surface area contributed by atoms with Crippen LogP contribution < -0.4 is 0 Å². The van der Waals surface area contributed by atoms with Crippen LogP contribution in [0.2, 0.25) is 0 Å². The Hall–Kier alpha value is -1.81. The van der Waals surface area contributed by atoms with Crippen LogP contribution in [-0.2, 0) is 20.8 Å². The molecule has 0 aromatic carbocycles. The van der Waals surface area contributed by atoms with E-state index in [4.69, 9.17) is 13.9 Å². The van der Waals surface area contributed by atoms with Crippen LogP contribution in [0.25, 0.3) is 10.8 Å². The van der Waals surface area contributed by atoms with Gasteiger partial charge in [-0.25, -0.2) is 0 Å². The van der Waals surface area contributed by atoms with Crippen molar-refractivity contribution < 1.29 is 18.7 Å². The molecule has 2 fully saturated rings. The molecule has 1 atom stereocenters. The molecule has 2 aromatic rings. The van der Waals surface area contributed by atoms with Gasteiger partial charge in [0.2, 0.25) is 11.8 Å². The van der Waals surface area contributed by atoms with Crippen molar-refractivity contribution in [2.75, 3.05) is 32.8 Å². The molecule has 9 heteroatoms. The van der Waals surface area contributed by atoms with Crippen LogP contribution in [0.5, 0.6) is 0 Å². The second kappa shape index (κ2) is 9.80. The van der Waals surface area contributed by atoms with Gasteiger partial charge in [-0.1, -0.05) is 19.4 Å². The largest absolute Gasteiger partial charge is 0.418 e. The number of hydrogen-bond acceptors (Lipinski definition) is 8. The molecule has 2 saturated heterocycles. The molecule has 4 heterocycles. The Balaban J connectivity index is 1.40. The molecule has 0 aliphatic carbocycles. The fraction of sp³-hybridized carbons (Fsp3) is 0.650. The van der Waals surface area contributed by atoms with Crippen LogP contribution in [0.15, 0.2) is 21.9 Å². The summed E-state index contributed by atoms with van der Waals surface area (Å²) in [7, 11) is 0. The minimum Gasteiger partial charge on any atom is -0.418 e. The summed E-state index contributed by atoms with van der Waals surface area (Å²) in [5.41, 5.74) is 0. The van der Waals surface area contributed by atoms with Gasteiger partial charge in [-0.15, -0.1) is 21.5 Å². The lowest BCUT2D eigenvalue weighted by Gasteiger charge is -2.38. The van der Waals surface area contributed by atoms with Crippen LogP contribution in [-0.4, -0.2) is 71.1 Å². The quantitative estimate of drug-likeness (QED) is 0.649. The number of aromatic nitrogens is 2. The number of carbonyl (C=O) groups is 1. The first-order valence-electron chi connectivity index (χ1n) is 10.4. The maximum absolute atomic E-state index is 13.1. The zero-order valence-electron chi connectivity index (χ0n) is 16.8. The first-order chi connectivity index (χ1) is 14.2. The highest BCUT2D eigenvalue weighted by molar-refractivity contribution is 7.13. The third-order valence-corrected chi connectivity index (χ3v) is 6.19. The summed E-state index contributed by atoms with van der Waals surface area (Å²) in [5, 5.41) is 10.2. The molecule has 1 amide bonds. The maximum Gasteiger partial charge on any atom is 0.257 e. The molecule has 8 nitrogen and oxygen atoms in total. The highest BCUT2D eigenvalue weighted by Crippen LogP contribution is 2.25. The van der Waals surface area contributed by atoms with E-state index in [0.717, 1.165) is 37.1 Å². The van der Waals surface area contributed by atoms with Gasteiger partial charge in [0.05, 0.1) is 37.2 Å². The minimum atomic E-state index is -0.216. The van der Waals surface area contributed by atoms with Gasteiger partial charge in [0.15, 0.2) is 6.29 Å². The fourth-order valence-corrected chi connectivity index (χ4v) is 4.58. The third-order valence-electron chi connectivity index (χ3n) is 5.34. The first-order valence-corrected chi connectivity index (χ1v) is 11.2. The lowest BCUT2D eigenvalue weighted by Crippen LogP contribution is -2.51. The molecule has 29 heavy (non-hydrogen) atoms. The zero-order valence-corrected chi connectivity index (χ0v) is 17.6. The molecule has 2 aliphatic rings. The van der Waals surface area contributed by atoms with E-state index in [2.05, 4.69) is 22.0 Å². The van der Waals surface area contributed by atoms with Crippen molar-refractivity contribution in [3.05, 3.63) is 23.4 Å². The zero-order chi connectivity index (χ0) is 20.1. The molecule has 0 saturated carbocycles.